The van der Waals surface area contributed by atoms with E-state index >= 15 is 0 Å². The number of carbonyl (C=O) groups excluding carboxylic acids is 3. The molecule has 0 aromatic carbocycles. The molecule has 0 aliphatic heterocycles. The van der Waals surface area contributed by atoms with Crippen LogP contribution in [0, 0.1) is 0 Å². The van der Waals surface area contributed by atoms with Crippen LogP contribution in [0.25, 0.3) is 0 Å². The monoisotopic (exact) mass is 909 g/mol. The van der Waals surface area contributed by atoms with Crippen molar-refractivity contribution >= 4 is 17.9 Å². The summed E-state index contributed by atoms with van der Waals surface area (Å²) >= 11 is 0. The summed E-state index contributed by atoms with van der Waals surface area (Å²) in [5, 5.41) is 0. The highest BCUT2D eigenvalue weighted by Gasteiger charge is 2.19. The predicted molar refractivity (Wildman–Crippen MR) is 279 cm³/mol. The summed E-state index contributed by atoms with van der Waals surface area (Å²) in [7, 11) is 0. The fourth-order valence-electron chi connectivity index (χ4n) is 7.73. The van der Waals surface area contributed by atoms with E-state index in [4.69, 9.17) is 14.2 Å². The molecule has 6 nitrogen and oxygen atoms in total. The van der Waals surface area contributed by atoms with Gasteiger partial charge in [0.2, 0.25) is 0 Å². The van der Waals surface area contributed by atoms with E-state index in [0.29, 0.717) is 19.3 Å². The Bertz CT molecular complexity index is 1180. The molecule has 0 rings (SSSR count). The molecule has 376 valence electrons. The Morgan fingerprint density at radius 3 is 0.969 bits per heavy atom. The number of unbranched alkanes of at least 4 members (excludes halogenated alkanes) is 29. The minimum Gasteiger partial charge on any atom is -0.462 e. The van der Waals surface area contributed by atoms with E-state index in [1.807, 2.05) is 0 Å². The van der Waals surface area contributed by atoms with E-state index < -0.39 is 6.10 Å². The summed E-state index contributed by atoms with van der Waals surface area (Å²) in [6, 6.07) is 0. The molecule has 0 saturated carbocycles. The van der Waals surface area contributed by atoms with Gasteiger partial charge in [0.05, 0.1) is 0 Å². The molecule has 6 heteroatoms. The van der Waals surface area contributed by atoms with Crippen LogP contribution in [0.15, 0.2) is 60.8 Å². The van der Waals surface area contributed by atoms with Crippen LogP contribution in [-0.2, 0) is 28.6 Å². The number of esters is 3. The average Bonchev–Trinajstić information content (AvgIpc) is 3.30. The SMILES string of the molecule is CCC/C=C\C/C=C\CCCCCCCC(=O)OC(COC(=O)CCCCCCC/C=C\CCCC)COC(=O)CCCCCCCCCCCCC/C=C\C/C=C\CCCCCCC. The van der Waals surface area contributed by atoms with Crippen LogP contribution < -0.4 is 0 Å². The van der Waals surface area contributed by atoms with Gasteiger partial charge < -0.3 is 14.2 Å². The molecule has 0 aliphatic rings. The molecule has 1 atom stereocenters. The number of ether oxygens (including phenoxy) is 3. The first-order valence-electron chi connectivity index (χ1n) is 27.8. The molecule has 0 radical (unpaired) electrons. The minimum atomic E-state index is -0.784. The normalized spacial score (nSPS) is 12.5. The second-order valence-corrected chi connectivity index (χ2v) is 18.5. The van der Waals surface area contributed by atoms with Gasteiger partial charge in [-0.05, 0) is 96.3 Å². The summed E-state index contributed by atoms with van der Waals surface area (Å²) < 4.78 is 16.8. The van der Waals surface area contributed by atoms with Gasteiger partial charge in [-0.2, -0.15) is 0 Å². The van der Waals surface area contributed by atoms with Gasteiger partial charge in [-0.25, -0.2) is 0 Å². The lowest BCUT2D eigenvalue weighted by atomic mass is 10.0. The van der Waals surface area contributed by atoms with Crippen LogP contribution in [0.1, 0.15) is 278 Å². The number of hydrogen-bond acceptors (Lipinski definition) is 6. The second kappa shape index (κ2) is 53.7. The van der Waals surface area contributed by atoms with Crippen LogP contribution in [0.4, 0.5) is 0 Å². The first kappa shape index (κ1) is 62.1. The van der Waals surface area contributed by atoms with Gasteiger partial charge in [0.1, 0.15) is 13.2 Å². The number of carbonyl (C=O) groups is 3. The van der Waals surface area contributed by atoms with Crippen molar-refractivity contribution < 1.29 is 28.6 Å². The Morgan fingerprint density at radius 2 is 0.600 bits per heavy atom. The molecule has 0 aliphatic carbocycles. The Labute approximate surface area is 402 Å². The Kier molecular flexibility index (Phi) is 51.3. The fraction of sp³-hybridized carbons (Fsp3) is 0.780. The highest BCUT2D eigenvalue weighted by Crippen LogP contribution is 2.15. The van der Waals surface area contributed by atoms with Crippen molar-refractivity contribution in [3.63, 3.8) is 0 Å². The van der Waals surface area contributed by atoms with E-state index in [1.54, 1.807) is 0 Å². The van der Waals surface area contributed by atoms with Crippen molar-refractivity contribution in [1.82, 2.24) is 0 Å². The molecule has 0 fully saturated rings. The largest absolute Gasteiger partial charge is 0.462 e. The smallest absolute Gasteiger partial charge is 0.306 e. The molecule has 65 heavy (non-hydrogen) atoms. The van der Waals surface area contributed by atoms with Crippen LogP contribution >= 0.6 is 0 Å². The summed E-state index contributed by atoms with van der Waals surface area (Å²) in [5.41, 5.74) is 0. The molecule has 0 amide bonds. The second-order valence-electron chi connectivity index (χ2n) is 18.5. The molecule has 0 heterocycles. The third-order valence-corrected chi connectivity index (χ3v) is 11.9. The molecule has 0 aromatic heterocycles. The van der Waals surface area contributed by atoms with Gasteiger partial charge in [0, 0.05) is 19.3 Å². The lowest BCUT2D eigenvalue weighted by Gasteiger charge is -2.18. The Hall–Kier alpha value is -2.89. The molecule has 0 spiro atoms. The van der Waals surface area contributed by atoms with Crippen molar-refractivity contribution in [2.24, 2.45) is 0 Å². The molecule has 0 N–H and O–H groups in total. The van der Waals surface area contributed by atoms with E-state index in [0.717, 1.165) is 103 Å². The Balaban J connectivity index is 4.27. The van der Waals surface area contributed by atoms with Crippen LogP contribution in [0.2, 0.25) is 0 Å². The van der Waals surface area contributed by atoms with Crippen LogP contribution in [0.3, 0.4) is 0 Å². The summed E-state index contributed by atoms with van der Waals surface area (Å²) in [5.74, 6) is -0.904. The highest BCUT2D eigenvalue weighted by molar-refractivity contribution is 5.71. The fourth-order valence-corrected chi connectivity index (χ4v) is 7.73. The van der Waals surface area contributed by atoms with Gasteiger partial charge in [-0.1, -0.05) is 223 Å². The van der Waals surface area contributed by atoms with Crippen molar-refractivity contribution in [3.8, 4) is 0 Å². The van der Waals surface area contributed by atoms with Gasteiger partial charge in [-0.15, -0.1) is 0 Å². The quantitative estimate of drug-likeness (QED) is 0.0262. The molecule has 0 saturated heterocycles. The molecular formula is C59H104O6. The van der Waals surface area contributed by atoms with Gasteiger partial charge in [-0.3, -0.25) is 14.4 Å². The number of allylic oxidation sites excluding steroid dienone is 10. The molecule has 1 unspecified atom stereocenters. The molecule has 0 bridgehead atoms. The minimum absolute atomic E-state index is 0.0830. The van der Waals surface area contributed by atoms with Crippen LogP contribution in [-0.4, -0.2) is 37.2 Å². The zero-order valence-electron chi connectivity index (χ0n) is 43.0. The van der Waals surface area contributed by atoms with Crippen molar-refractivity contribution in [3.05, 3.63) is 60.8 Å². The van der Waals surface area contributed by atoms with Crippen molar-refractivity contribution in [2.75, 3.05) is 13.2 Å². The highest BCUT2D eigenvalue weighted by atomic mass is 16.6. The zero-order valence-corrected chi connectivity index (χ0v) is 43.0. The third-order valence-electron chi connectivity index (χ3n) is 11.9. The van der Waals surface area contributed by atoms with Crippen LogP contribution in [0.5, 0.6) is 0 Å². The summed E-state index contributed by atoms with van der Waals surface area (Å²) in [6.45, 7) is 6.52. The molecule has 0 aromatic rings. The van der Waals surface area contributed by atoms with E-state index in [2.05, 4.69) is 81.5 Å². The Morgan fingerprint density at radius 1 is 0.308 bits per heavy atom. The number of hydrogen-bond donors (Lipinski definition) is 0. The first-order chi connectivity index (χ1) is 32.0. The van der Waals surface area contributed by atoms with E-state index in [9.17, 15) is 14.4 Å². The van der Waals surface area contributed by atoms with Gasteiger partial charge >= 0.3 is 17.9 Å². The summed E-state index contributed by atoms with van der Waals surface area (Å²) in [6.07, 6.45) is 66.4. The summed E-state index contributed by atoms with van der Waals surface area (Å²) in [4.78, 5) is 38.0. The average molecular weight is 909 g/mol. The van der Waals surface area contributed by atoms with Crippen molar-refractivity contribution in [2.45, 2.75) is 284 Å². The number of rotatable bonds is 50. The maximum atomic E-state index is 12.8. The topological polar surface area (TPSA) is 78.9 Å². The maximum absolute atomic E-state index is 12.8. The van der Waals surface area contributed by atoms with E-state index in [1.165, 1.54) is 135 Å². The maximum Gasteiger partial charge on any atom is 0.306 e. The zero-order chi connectivity index (χ0) is 47.2. The van der Waals surface area contributed by atoms with E-state index in [-0.39, 0.29) is 31.1 Å². The lowest BCUT2D eigenvalue weighted by Crippen LogP contribution is -2.30. The lowest BCUT2D eigenvalue weighted by molar-refractivity contribution is -0.167. The first-order valence-corrected chi connectivity index (χ1v) is 27.8. The molecular weight excluding hydrogens is 805 g/mol. The predicted octanol–water partition coefficient (Wildman–Crippen LogP) is 18.4. The third kappa shape index (κ3) is 51.9. The van der Waals surface area contributed by atoms with Gasteiger partial charge in [0.15, 0.2) is 6.10 Å². The van der Waals surface area contributed by atoms with Gasteiger partial charge in [0.25, 0.3) is 0 Å². The van der Waals surface area contributed by atoms with Crippen molar-refractivity contribution in [1.29, 1.82) is 0 Å². The standard InChI is InChI=1S/C59H104O6/c1-4-7-10-13-16-19-22-24-25-26-27-28-29-30-31-32-33-35-37-40-43-46-49-52-58(61)64-55-56(54-63-57(60)51-48-45-42-39-36-21-18-15-12-9-6-3)65-59(62)53-50-47-44-41-38-34-23-20-17-14-11-8-5-2/h11,14-15,18,20,22-24,26-27,56H,4-10,12-13,16-17,19,21,25,28-55H2,1-3H3/b14-11-,18-15-,23-20-,24-22-,27-26-.